The van der Waals surface area contributed by atoms with Crippen LogP contribution in [-0.4, -0.2) is 30.1 Å². The summed E-state index contributed by atoms with van der Waals surface area (Å²) in [6.07, 6.45) is 0. The third kappa shape index (κ3) is 4.28. The molecule has 0 saturated heterocycles. The highest BCUT2D eigenvalue weighted by molar-refractivity contribution is 5.96. The summed E-state index contributed by atoms with van der Waals surface area (Å²) in [4.78, 5) is 34.2. The van der Waals surface area contributed by atoms with Gasteiger partial charge in [0, 0.05) is 18.1 Å². The lowest BCUT2D eigenvalue weighted by atomic mass is 9.87. The second-order valence-corrected chi connectivity index (χ2v) is 4.62. The molecule has 0 saturated carbocycles. The van der Waals surface area contributed by atoms with Gasteiger partial charge in [0.25, 0.3) is 5.69 Å². The number of hydrogen-bond donors (Lipinski definition) is 0. The summed E-state index contributed by atoms with van der Waals surface area (Å²) in [5.74, 6) is -2.93. The summed E-state index contributed by atoms with van der Waals surface area (Å²) in [6, 6.07) is 5.71. The van der Waals surface area contributed by atoms with E-state index in [1.165, 1.54) is 24.3 Å². The molecular formula is C15H19NO6. The molecule has 0 N–H and O–H groups in total. The van der Waals surface area contributed by atoms with Crippen LogP contribution in [0.1, 0.15) is 32.3 Å². The summed E-state index contributed by atoms with van der Waals surface area (Å²) >= 11 is 0. The zero-order valence-electron chi connectivity index (χ0n) is 12.8. The van der Waals surface area contributed by atoms with E-state index in [0.717, 1.165) is 0 Å². The molecule has 0 amide bonds. The molecule has 0 aliphatic heterocycles. The smallest absolute Gasteiger partial charge is 0.320 e. The molecule has 0 fully saturated rings. The van der Waals surface area contributed by atoms with Crippen molar-refractivity contribution in [3.63, 3.8) is 0 Å². The van der Waals surface area contributed by atoms with Crippen LogP contribution >= 0.6 is 0 Å². The van der Waals surface area contributed by atoms with Gasteiger partial charge in [-0.3, -0.25) is 19.7 Å². The minimum Gasteiger partial charge on any atom is -0.465 e. The van der Waals surface area contributed by atoms with E-state index in [9.17, 15) is 19.7 Å². The standard InChI is InChI=1S/C15H19NO6/c1-4-21-14(17)13(15(18)22-5-2)10(3)11-6-8-12(9-7-11)16(19)20/h6-10,13H,4-5H2,1-3H3. The lowest BCUT2D eigenvalue weighted by molar-refractivity contribution is -0.384. The number of non-ortho nitro benzene ring substituents is 1. The van der Waals surface area contributed by atoms with Crippen LogP contribution in [0.3, 0.4) is 0 Å². The first kappa shape index (κ1) is 17.6. The fourth-order valence-electron chi connectivity index (χ4n) is 2.06. The Hall–Kier alpha value is -2.44. The quantitative estimate of drug-likeness (QED) is 0.332. The molecule has 0 radical (unpaired) electrons. The number of nitro benzene ring substituents is 1. The first-order valence-corrected chi connectivity index (χ1v) is 6.99. The lowest BCUT2D eigenvalue weighted by Gasteiger charge is -2.21. The fraction of sp³-hybridized carbons (Fsp3) is 0.467. The van der Waals surface area contributed by atoms with Crippen molar-refractivity contribution in [1.82, 2.24) is 0 Å². The Morgan fingerprint density at radius 2 is 1.55 bits per heavy atom. The Labute approximate surface area is 128 Å². The van der Waals surface area contributed by atoms with Gasteiger partial charge in [0.2, 0.25) is 0 Å². The number of nitro groups is 1. The van der Waals surface area contributed by atoms with E-state index >= 15 is 0 Å². The molecule has 7 heteroatoms. The van der Waals surface area contributed by atoms with Gasteiger partial charge in [0.15, 0.2) is 5.92 Å². The minimum absolute atomic E-state index is 0.0558. The average molecular weight is 309 g/mol. The van der Waals surface area contributed by atoms with E-state index in [4.69, 9.17) is 9.47 Å². The summed E-state index contributed by atoms with van der Waals surface area (Å²) in [7, 11) is 0. The van der Waals surface area contributed by atoms with Gasteiger partial charge in [0.1, 0.15) is 0 Å². The summed E-state index contributed by atoms with van der Waals surface area (Å²) in [5.41, 5.74) is 0.566. The summed E-state index contributed by atoms with van der Waals surface area (Å²) in [6.45, 7) is 5.29. The highest BCUT2D eigenvalue weighted by Gasteiger charge is 2.35. The van der Waals surface area contributed by atoms with Crippen molar-refractivity contribution in [1.29, 1.82) is 0 Å². The molecular weight excluding hydrogens is 290 g/mol. The van der Waals surface area contributed by atoms with Gasteiger partial charge in [-0.05, 0) is 19.4 Å². The molecule has 0 heterocycles. The molecule has 7 nitrogen and oxygen atoms in total. The zero-order valence-corrected chi connectivity index (χ0v) is 12.8. The van der Waals surface area contributed by atoms with Gasteiger partial charge >= 0.3 is 11.9 Å². The molecule has 0 aliphatic carbocycles. The molecule has 0 aliphatic rings. The van der Waals surface area contributed by atoms with Crippen LogP contribution in [0.15, 0.2) is 24.3 Å². The van der Waals surface area contributed by atoms with E-state index in [1.807, 2.05) is 0 Å². The molecule has 1 aromatic rings. The number of carbonyl (C=O) groups excluding carboxylic acids is 2. The van der Waals surface area contributed by atoms with Gasteiger partial charge in [-0.25, -0.2) is 0 Å². The van der Waals surface area contributed by atoms with E-state index in [2.05, 4.69) is 0 Å². The second kappa shape index (κ2) is 8.11. The predicted octanol–water partition coefficient (Wildman–Crippen LogP) is 2.44. The lowest BCUT2D eigenvalue weighted by Crippen LogP contribution is -2.32. The first-order valence-electron chi connectivity index (χ1n) is 6.99. The van der Waals surface area contributed by atoms with Crippen molar-refractivity contribution in [2.75, 3.05) is 13.2 Å². The molecule has 1 rings (SSSR count). The van der Waals surface area contributed by atoms with E-state index in [1.54, 1.807) is 20.8 Å². The maximum Gasteiger partial charge on any atom is 0.320 e. The maximum atomic E-state index is 12.0. The molecule has 1 unspecified atom stereocenters. The normalized spacial score (nSPS) is 11.8. The van der Waals surface area contributed by atoms with Crippen LogP contribution in [-0.2, 0) is 19.1 Å². The van der Waals surface area contributed by atoms with Gasteiger partial charge < -0.3 is 9.47 Å². The maximum absolute atomic E-state index is 12.0. The predicted molar refractivity (Wildman–Crippen MR) is 78.3 cm³/mol. The molecule has 1 atom stereocenters. The largest absolute Gasteiger partial charge is 0.465 e. The van der Waals surface area contributed by atoms with Crippen LogP contribution in [0.25, 0.3) is 0 Å². The fourth-order valence-corrected chi connectivity index (χ4v) is 2.06. The highest BCUT2D eigenvalue weighted by atomic mass is 16.6. The summed E-state index contributed by atoms with van der Waals surface area (Å²) < 4.78 is 9.86. The Morgan fingerprint density at radius 3 is 1.91 bits per heavy atom. The third-order valence-electron chi connectivity index (χ3n) is 3.21. The average Bonchev–Trinajstić information content (AvgIpc) is 2.48. The monoisotopic (exact) mass is 309 g/mol. The number of rotatable bonds is 7. The second-order valence-electron chi connectivity index (χ2n) is 4.62. The van der Waals surface area contributed by atoms with Crippen molar-refractivity contribution in [2.45, 2.75) is 26.7 Å². The first-order chi connectivity index (χ1) is 10.4. The van der Waals surface area contributed by atoms with Crippen molar-refractivity contribution in [3.8, 4) is 0 Å². The van der Waals surface area contributed by atoms with Crippen LogP contribution in [0.2, 0.25) is 0 Å². The number of hydrogen-bond acceptors (Lipinski definition) is 6. The van der Waals surface area contributed by atoms with E-state index in [-0.39, 0.29) is 18.9 Å². The third-order valence-corrected chi connectivity index (χ3v) is 3.21. The van der Waals surface area contributed by atoms with Crippen LogP contribution in [0.5, 0.6) is 0 Å². The Morgan fingerprint density at radius 1 is 1.09 bits per heavy atom. The zero-order chi connectivity index (χ0) is 16.7. The van der Waals surface area contributed by atoms with Crippen LogP contribution in [0, 0.1) is 16.0 Å². The number of nitrogens with zero attached hydrogens (tertiary/aromatic N) is 1. The Kier molecular flexibility index (Phi) is 6.49. The van der Waals surface area contributed by atoms with Gasteiger partial charge in [-0.15, -0.1) is 0 Å². The Balaban J connectivity index is 3.04. The van der Waals surface area contributed by atoms with Crippen LogP contribution < -0.4 is 0 Å². The van der Waals surface area contributed by atoms with Gasteiger partial charge in [0.05, 0.1) is 18.1 Å². The van der Waals surface area contributed by atoms with E-state index < -0.39 is 28.7 Å². The number of benzene rings is 1. The molecule has 0 spiro atoms. The number of ether oxygens (including phenoxy) is 2. The SMILES string of the molecule is CCOC(=O)C(C(=O)OCC)C(C)c1ccc([N+](=O)[O-])cc1. The van der Waals surface area contributed by atoms with Crippen molar-refractivity contribution < 1.29 is 24.0 Å². The van der Waals surface area contributed by atoms with Crippen LogP contribution in [0.4, 0.5) is 5.69 Å². The minimum atomic E-state index is -1.10. The summed E-state index contributed by atoms with van der Waals surface area (Å²) in [5, 5.41) is 10.7. The van der Waals surface area contributed by atoms with Crippen molar-refractivity contribution in [3.05, 3.63) is 39.9 Å². The van der Waals surface area contributed by atoms with Gasteiger partial charge in [-0.2, -0.15) is 0 Å². The molecule has 0 aromatic heterocycles. The molecule has 22 heavy (non-hydrogen) atoms. The number of carbonyl (C=O) groups is 2. The topological polar surface area (TPSA) is 95.7 Å². The highest BCUT2D eigenvalue weighted by Crippen LogP contribution is 2.28. The molecule has 120 valence electrons. The molecule has 1 aromatic carbocycles. The van der Waals surface area contributed by atoms with Crippen molar-refractivity contribution in [2.24, 2.45) is 5.92 Å². The number of esters is 2. The van der Waals surface area contributed by atoms with E-state index in [0.29, 0.717) is 5.56 Å². The van der Waals surface area contributed by atoms with Gasteiger partial charge in [-0.1, -0.05) is 19.1 Å². The molecule has 0 bridgehead atoms. The Bertz CT molecular complexity index is 521. The van der Waals surface area contributed by atoms with Crippen molar-refractivity contribution >= 4 is 17.6 Å².